The third-order valence-corrected chi connectivity index (χ3v) is 4.61. The molecule has 14 heavy (non-hydrogen) atoms. The average molecular weight is 293 g/mol. The van der Waals surface area contributed by atoms with Crippen LogP contribution >= 0.6 is 27.7 Å². The van der Waals surface area contributed by atoms with E-state index >= 15 is 0 Å². The van der Waals surface area contributed by atoms with Crippen LogP contribution in [0.5, 0.6) is 0 Å². The Bertz CT molecular complexity index is 146. The first-order valence-corrected chi connectivity index (χ1v) is 6.76. The minimum absolute atomic E-state index is 0.0399. The van der Waals surface area contributed by atoms with E-state index in [0.717, 1.165) is 18.2 Å². The van der Waals surface area contributed by atoms with Crippen LogP contribution in [-0.4, -0.2) is 16.6 Å². The van der Waals surface area contributed by atoms with Crippen molar-refractivity contribution in [2.45, 2.75) is 38.6 Å². The molecule has 0 aromatic rings. The minimum Gasteiger partial charge on any atom is -0.160 e. The third-order valence-electron chi connectivity index (χ3n) is 2.68. The van der Waals surface area contributed by atoms with Crippen molar-refractivity contribution in [3.8, 4) is 0 Å². The molecule has 0 aromatic carbocycles. The largest absolute Gasteiger partial charge is 0.441 e. The molecule has 0 fully saturated rings. The highest BCUT2D eigenvalue weighted by molar-refractivity contribution is 9.09. The van der Waals surface area contributed by atoms with Gasteiger partial charge >= 0.3 is 5.51 Å². The third kappa shape index (κ3) is 5.49. The van der Waals surface area contributed by atoms with Crippen molar-refractivity contribution < 1.29 is 13.2 Å². The van der Waals surface area contributed by atoms with Gasteiger partial charge in [0, 0.05) is 11.1 Å². The Morgan fingerprint density at radius 3 is 1.93 bits per heavy atom. The Kier molecular flexibility index (Phi) is 6.53. The summed E-state index contributed by atoms with van der Waals surface area (Å²) < 4.78 is 35.7. The molecule has 0 amide bonds. The van der Waals surface area contributed by atoms with Gasteiger partial charge < -0.3 is 0 Å². The lowest BCUT2D eigenvalue weighted by atomic mass is 9.82. The second-order valence-corrected chi connectivity index (χ2v) is 5.11. The molecule has 5 heteroatoms. The summed E-state index contributed by atoms with van der Waals surface area (Å²) in [7, 11) is 0. The Labute approximate surface area is 96.1 Å². The average Bonchev–Trinajstić information content (AvgIpc) is 2.11. The van der Waals surface area contributed by atoms with Crippen LogP contribution in [0.25, 0.3) is 0 Å². The van der Waals surface area contributed by atoms with Crippen molar-refractivity contribution in [3.63, 3.8) is 0 Å². The highest BCUT2D eigenvalue weighted by atomic mass is 79.9. The van der Waals surface area contributed by atoms with Crippen molar-refractivity contribution in [3.05, 3.63) is 0 Å². The van der Waals surface area contributed by atoms with Crippen LogP contribution in [0, 0.1) is 5.41 Å². The maximum Gasteiger partial charge on any atom is 0.441 e. The van der Waals surface area contributed by atoms with E-state index in [9.17, 15) is 13.2 Å². The second-order valence-electron chi connectivity index (χ2n) is 3.38. The normalized spacial score (nSPS) is 13.3. The van der Waals surface area contributed by atoms with Gasteiger partial charge in [-0.05, 0) is 24.7 Å². The number of rotatable bonds is 6. The summed E-state index contributed by atoms with van der Waals surface area (Å²) in [6.45, 7) is 4.06. The van der Waals surface area contributed by atoms with E-state index in [1.165, 1.54) is 0 Å². The molecule has 0 aliphatic carbocycles. The highest BCUT2D eigenvalue weighted by Crippen LogP contribution is 2.37. The molecule has 0 N–H and O–H groups in total. The van der Waals surface area contributed by atoms with Crippen LogP contribution in [0.4, 0.5) is 13.2 Å². The van der Waals surface area contributed by atoms with E-state index in [1.54, 1.807) is 0 Å². The van der Waals surface area contributed by atoms with Gasteiger partial charge in [-0.15, -0.1) is 0 Å². The van der Waals surface area contributed by atoms with Crippen LogP contribution < -0.4 is 0 Å². The molecular weight excluding hydrogens is 277 g/mol. The van der Waals surface area contributed by atoms with Gasteiger partial charge in [0.05, 0.1) is 0 Å². The van der Waals surface area contributed by atoms with Gasteiger partial charge in [-0.2, -0.15) is 13.2 Å². The van der Waals surface area contributed by atoms with Crippen LogP contribution in [0.15, 0.2) is 0 Å². The first-order valence-electron chi connectivity index (χ1n) is 4.66. The molecule has 0 aliphatic heterocycles. The van der Waals surface area contributed by atoms with Crippen molar-refractivity contribution in [2.75, 3.05) is 11.1 Å². The lowest BCUT2D eigenvalue weighted by molar-refractivity contribution is -0.0329. The molecule has 0 aliphatic rings. The van der Waals surface area contributed by atoms with Gasteiger partial charge in [0.1, 0.15) is 0 Å². The molecule has 0 bridgehead atoms. The summed E-state index contributed by atoms with van der Waals surface area (Å²) >= 11 is 3.47. The number of thioether (sulfide) groups is 1. The van der Waals surface area contributed by atoms with E-state index in [4.69, 9.17) is 0 Å². The maximum absolute atomic E-state index is 11.9. The van der Waals surface area contributed by atoms with Gasteiger partial charge in [0.15, 0.2) is 0 Å². The molecule has 0 aromatic heterocycles. The second kappa shape index (κ2) is 6.26. The minimum atomic E-state index is -4.08. The SMILES string of the molecule is CCC(CC)(CBr)CCSC(F)(F)F. The molecule has 0 saturated carbocycles. The smallest absolute Gasteiger partial charge is 0.160 e. The van der Waals surface area contributed by atoms with E-state index in [1.807, 2.05) is 13.8 Å². The molecular formula is C9H16BrF3S. The molecule has 0 spiro atoms. The number of hydrogen-bond donors (Lipinski definition) is 0. The molecule has 0 radical (unpaired) electrons. The lowest BCUT2D eigenvalue weighted by Crippen LogP contribution is -2.22. The fraction of sp³-hybridized carbons (Fsp3) is 1.00. The van der Waals surface area contributed by atoms with Crippen molar-refractivity contribution in [1.29, 1.82) is 0 Å². The van der Waals surface area contributed by atoms with E-state index in [2.05, 4.69) is 15.9 Å². The number of hydrogen-bond acceptors (Lipinski definition) is 1. The monoisotopic (exact) mass is 292 g/mol. The highest BCUT2D eigenvalue weighted by Gasteiger charge is 2.31. The van der Waals surface area contributed by atoms with Crippen molar-refractivity contribution in [1.82, 2.24) is 0 Å². The first kappa shape index (κ1) is 14.6. The summed E-state index contributed by atoms with van der Waals surface area (Å²) in [5.74, 6) is 0.163. The topological polar surface area (TPSA) is 0 Å². The zero-order chi connectivity index (χ0) is 11.2. The zero-order valence-electron chi connectivity index (χ0n) is 8.46. The predicted octanol–water partition coefficient (Wildman–Crippen LogP) is 4.83. The predicted molar refractivity (Wildman–Crippen MR) is 59.9 cm³/mol. The lowest BCUT2D eigenvalue weighted by Gasteiger charge is -2.29. The molecule has 0 atom stereocenters. The summed E-state index contributed by atoms with van der Waals surface area (Å²) in [4.78, 5) is 0. The Hall–Kier alpha value is 0.620. The van der Waals surface area contributed by atoms with Crippen LogP contribution in [0.2, 0.25) is 0 Å². The number of halogens is 4. The van der Waals surface area contributed by atoms with Gasteiger partial charge in [0.25, 0.3) is 0 Å². The van der Waals surface area contributed by atoms with Crippen LogP contribution in [-0.2, 0) is 0 Å². The zero-order valence-corrected chi connectivity index (χ0v) is 10.9. The molecule has 0 rings (SSSR count). The Morgan fingerprint density at radius 1 is 1.14 bits per heavy atom. The molecule has 0 unspecified atom stereocenters. The fourth-order valence-corrected chi connectivity index (χ4v) is 3.08. The van der Waals surface area contributed by atoms with Gasteiger partial charge in [-0.25, -0.2) is 0 Å². The van der Waals surface area contributed by atoms with Gasteiger partial charge in [0.2, 0.25) is 0 Å². The van der Waals surface area contributed by atoms with Gasteiger partial charge in [-0.3, -0.25) is 0 Å². The fourth-order valence-electron chi connectivity index (χ4n) is 1.24. The molecule has 86 valence electrons. The van der Waals surface area contributed by atoms with E-state index in [0.29, 0.717) is 6.42 Å². The maximum atomic E-state index is 11.9. The summed E-state index contributed by atoms with van der Waals surface area (Å²) in [6.07, 6.45) is 2.47. The van der Waals surface area contributed by atoms with E-state index in [-0.39, 0.29) is 22.9 Å². The summed E-state index contributed by atoms with van der Waals surface area (Å²) in [5.41, 5.74) is -4.04. The molecule has 0 nitrogen and oxygen atoms in total. The summed E-state index contributed by atoms with van der Waals surface area (Å²) in [6, 6.07) is 0. The molecule has 0 saturated heterocycles. The summed E-state index contributed by atoms with van der Waals surface area (Å²) in [5, 5.41) is 0.783. The van der Waals surface area contributed by atoms with Crippen molar-refractivity contribution in [2.24, 2.45) is 5.41 Å². The number of alkyl halides is 4. The van der Waals surface area contributed by atoms with Gasteiger partial charge in [-0.1, -0.05) is 41.5 Å². The Balaban J connectivity index is 3.95. The van der Waals surface area contributed by atoms with Crippen LogP contribution in [0.3, 0.4) is 0 Å². The van der Waals surface area contributed by atoms with E-state index < -0.39 is 5.51 Å². The molecule has 0 heterocycles. The Morgan fingerprint density at radius 2 is 1.64 bits per heavy atom. The van der Waals surface area contributed by atoms with Crippen LogP contribution in [0.1, 0.15) is 33.1 Å². The standard InChI is InChI=1S/C9H16BrF3S/c1-3-8(4-2,7-10)5-6-14-9(11,12)13/h3-7H2,1-2H3. The van der Waals surface area contributed by atoms with Crippen molar-refractivity contribution >= 4 is 27.7 Å². The quantitative estimate of drug-likeness (QED) is 0.632. The first-order chi connectivity index (χ1) is 6.39.